The number of carbonyl (C=O) groups excluding carboxylic acids is 1. The molecule has 0 radical (unpaired) electrons. The van der Waals surface area contributed by atoms with Crippen molar-refractivity contribution in [3.63, 3.8) is 0 Å². The van der Waals surface area contributed by atoms with E-state index in [4.69, 9.17) is 5.73 Å². The molecule has 0 aromatic rings. The molecule has 0 saturated heterocycles. The van der Waals surface area contributed by atoms with Gasteiger partial charge in [-0.3, -0.25) is 4.79 Å². The third-order valence-electron chi connectivity index (χ3n) is 2.15. The van der Waals surface area contributed by atoms with Crippen LogP contribution in [0.15, 0.2) is 0 Å². The van der Waals surface area contributed by atoms with Crippen molar-refractivity contribution in [3.8, 4) is 0 Å². The van der Waals surface area contributed by atoms with E-state index < -0.39 is 18.1 Å². The van der Waals surface area contributed by atoms with Gasteiger partial charge in [-0.15, -0.1) is 0 Å². The first-order valence-electron chi connectivity index (χ1n) is 3.76. The number of halogens is 3. The van der Waals surface area contributed by atoms with Crippen LogP contribution in [0.5, 0.6) is 0 Å². The SMILES string of the molecule is NC1CC(C(F)(F)F)CCC1=O. The summed E-state index contributed by atoms with van der Waals surface area (Å²) in [6.45, 7) is 0. The van der Waals surface area contributed by atoms with Crippen LogP contribution in [0.3, 0.4) is 0 Å². The summed E-state index contributed by atoms with van der Waals surface area (Å²) in [5.74, 6) is -1.64. The lowest BCUT2D eigenvalue weighted by Gasteiger charge is -2.27. The fourth-order valence-electron chi connectivity index (χ4n) is 1.36. The van der Waals surface area contributed by atoms with Crippen LogP contribution in [0, 0.1) is 5.92 Å². The van der Waals surface area contributed by atoms with Crippen molar-refractivity contribution in [2.75, 3.05) is 0 Å². The van der Waals surface area contributed by atoms with Crippen LogP contribution in [0.1, 0.15) is 19.3 Å². The Bertz CT molecular complexity index is 190. The molecule has 1 fully saturated rings. The van der Waals surface area contributed by atoms with Crippen molar-refractivity contribution in [1.29, 1.82) is 0 Å². The molecule has 5 heteroatoms. The second kappa shape index (κ2) is 3.05. The minimum Gasteiger partial charge on any atom is -0.321 e. The largest absolute Gasteiger partial charge is 0.391 e. The van der Waals surface area contributed by atoms with E-state index in [1.165, 1.54) is 0 Å². The molecule has 2 N–H and O–H groups in total. The molecule has 0 heterocycles. The molecule has 1 aliphatic carbocycles. The molecule has 0 aromatic carbocycles. The highest BCUT2D eigenvalue weighted by Gasteiger charge is 2.43. The fraction of sp³-hybridized carbons (Fsp3) is 0.857. The summed E-state index contributed by atoms with van der Waals surface area (Å²) in [6, 6.07) is -0.912. The first-order valence-corrected chi connectivity index (χ1v) is 3.76. The van der Waals surface area contributed by atoms with Gasteiger partial charge in [0.15, 0.2) is 0 Å². The highest BCUT2D eigenvalue weighted by molar-refractivity contribution is 5.84. The van der Waals surface area contributed by atoms with E-state index in [0.29, 0.717) is 0 Å². The Morgan fingerprint density at radius 2 is 2.00 bits per heavy atom. The Labute approximate surface area is 67.9 Å². The Morgan fingerprint density at radius 3 is 2.42 bits per heavy atom. The molecule has 0 amide bonds. The van der Waals surface area contributed by atoms with Gasteiger partial charge >= 0.3 is 6.18 Å². The molecule has 0 aliphatic heterocycles. The van der Waals surface area contributed by atoms with Gasteiger partial charge in [0.25, 0.3) is 0 Å². The van der Waals surface area contributed by atoms with Crippen LogP contribution in [0.25, 0.3) is 0 Å². The molecule has 1 saturated carbocycles. The van der Waals surface area contributed by atoms with E-state index in [1.54, 1.807) is 0 Å². The maximum atomic E-state index is 12.1. The van der Waals surface area contributed by atoms with Crippen molar-refractivity contribution in [2.24, 2.45) is 11.7 Å². The maximum Gasteiger partial charge on any atom is 0.391 e. The summed E-state index contributed by atoms with van der Waals surface area (Å²) in [7, 11) is 0. The summed E-state index contributed by atoms with van der Waals surface area (Å²) in [6.07, 6.45) is -4.58. The van der Waals surface area contributed by atoms with Crippen LogP contribution in [-0.4, -0.2) is 18.0 Å². The number of ketones is 1. The van der Waals surface area contributed by atoms with Gasteiger partial charge in [0.05, 0.1) is 12.0 Å². The van der Waals surface area contributed by atoms with Crippen molar-refractivity contribution < 1.29 is 18.0 Å². The molecule has 12 heavy (non-hydrogen) atoms. The normalized spacial score (nSPS) is 32.2. The van der Waals surface area contributed by atoms with Gasteiger partial charge in [0, 0.05) is 6.42 Å². The van der Waals surface area contributed by atoms with Crippen LogP contribution in [0.2, 0.25) is 0 Å². The average Bonchev–Trinajstić information content (AvgIpc) is 1.92. The second-order valence-electron chi connectivity index (χ2n) is 3.09. The Kier molecular flexibility index (Phi) is 2.41. The standard InChI is InChI=1S/C7H10F3NO/c8-7(9,10)4-1-2-6(12)5(11)3-4/h4-5H,1-3,11H2. The van der Waals surface area contributed by atoms with E-state index in [2.05, 4.69) is 0 Å². The van der Waals surface area contributed by atoms with Crippen molar-refractivity contribution in [1.82, 2.24) is 0 Å². The molecular weight excluding hydrogens is 171 g/mol. The molecule has 70 valence electrons. The zero-order valence-electron chi connectivity index (χ0n) is 6.40. The summed E-state index contributed by atoms with van der Waals surface area (Å²) in [5.41, 5.74) is 5.22. The Balaban J connectivity index is 2.57. The van der Waals surface area contributed by atoms with Crippen LogP contribution in [-0.2, 0) is 4.79 Å². The van der Waals surface area contributed by atoms with Gasteiger partial charge < -0.3 is 5.73 Å². The summed E-state index contributed by atoms with van der Waals surface area (Å²) in [4.78, 5) is 10.8. The van der Waals surface area contributed by atoms with Crippen molar-refractivity contribution >= 4 is 5.78 Å². The van der Waals surface area contributed by atoms with E-state index in [9.17, 15) is 18.0 Å². The Morgan fingerprint density at radius 1 is 1.42 bits per heavy atom. The van der Waals surface area contributed by atoms with E-state index in [1.807, 2.05) is 0 Å². The molecule has 2 atom stereocenters. The Hall–Kier alpha value is -0.580. The summed E-state index contributed by atoms with van der Waals surface area (Å²) < 4.78 is 36.2. The van der Waals surface area contributed by atoms with E-state index in [-0.39, 0.29) is 25.0 Å². The lowest BCUT2D eigenvalue weighted by Crippen LogP contribution is -2.41. The lowest BCUT2D eigenvalue weighted by molar-refractivity contribution is -0.183. The van der Waals surface area contributed by atoms with Gasteiger partial charge in [0.1, 0.15) is 5.78 Å². The van der Waals surface area contributed by atoms with Crippen molar-refractivity contribution in [3.05, 3.63) is 0 Å². The van der Waals surface area contributed by atoms with E-state index >= 15 is 0 Å². The average molecular weight is 181 g/mol. The fourth-order valence-corrected chi connectivity index (χ4v) is 1.36. The molecular formula is C7H10F3NO. The molecule has 2 nitrogen and oxygen atoms in total. The maximum absolute atomic E-state index is 12.1. The van der Waals surface area contributed by atoms with Gasteiger partial charge in [-0.2, -0.15) is 13.2 Å². The lowest BCUT2D eigenvalue weighted by atomic mass is 9.85. The molecule has 2 unspecified atom stereocenters. The van der Waals surface area contributed by atoms with Crippen LogP contribution < -0.4 is 5.73 Å². The van der Waals surface area contributed by atoms with Crippen LogP contribution in [0.4, 0.5) is 13.2 Å². The number of nitrogens with two attached hydrogens (primary N) is 1. The molecule has 0 spiro atoms. The number of Topliss-reactive ketones (excluding diaryl/α,β-unsaturated/α-hetero) is 1. The first-order chi connectivity index (χ1) is 5.41. The minimum atomic E-state index is -4.20. The van der Waals surface area contributed by atoms with Gasteiger partial charge in [-0.1, -0.05) is 0 Å². The molecule has 0 aromatic heterocycles. The predicted octanol–water partition coefficient (Wildman–Crippen LogP) is 1.25. The number of alkyl halides is 3. The van der Waals surface area contributed by atoms with Gasteiger partial charge in [0.2, 0.25) is 0 Å². The second-order valence-corrected chi connectivity index (χ2v) is 3.09. The topological polar surface area (TPSA) is 43.1 Å². The van der Waals surface area contributed by atoms with Crippen LogP contribution >= 0.6 is 0 Å². The number of carbonyl (C=O) groups is 1. The molecule has 0 bridgehead atoms. The molecule has 1 rings (SSSR count). The number of hydrogen-bond acceptors (Lipinski definition) is 2. The van der Waals surface area contributed by atoms with Gasteiger partial charge in [-0.25, -0.2) is 0 Å². The smallest absolute Gasteiger partial charge is 0.321 e. The van der Waals surface area contributed by atoms with Crippen molar-refractivity contribution in [2.45, 2.75) is 31.5 Å². The highest BCUT2D eigenvalue weighted by atomic mass is 19.4. The summed E-state index contributed by atoms with van der Waals surface area (Å²) >= 11 is 0. The van der Waals surface area contributed by atoms with E-state index in [0.717, 1.165) is 0 Å². The number of hydrogen-bond donors (Lipinski definition) is 1. The van der Waals surface area contributed by atoms with Gasteiger partial charge in [-0.05, 0) is 12.8 Å². The third-order valence-corrected chi connectivity index (χ3v) is 2.15. The zero-order chi connectivity index (χ0) is 9.35. The first kappa shape index (κ1) is 9.51. The third kappa shape index (κ3) is 1.97. The number of rotatable bonds is 0. The predicted molar refractivity (Wildman–Crippen MR) is 36.4 cm³/mol. The minimum absolute atomic E-state index is 0.0364. The zero-order valence-corrected chi connectivity index (χ0v) is 6.40. The monoisotopic (exact) mass is 181 g/mol. The molecule has 1 aliphatic rings. The highest BCUT2D eigenvalue weighted by Crippen LogP contribution is 2.35. The summed E-state index contributed by atoms with van der Waals surface area (Å²) in [5, 5.41) is 0. The quantitative estimate of drug-likeness (QED) is 0.611.